The highest BCUT2D eigenvalue weighted by molar-refractivity contribution is 6.35. The molecule has 1 aliphatic heterocycles. The first-order chi connectivity index (χ1) is 28.0. The summed E-state index contributed by atoms with van der Waals surface area (Å²) < 4.78 is 17.9. The molecule has 15 nitrogen and oxygen atoms in total. The van der Waals surface area contributed by atoms with Gasteiger partial charge >= 0.3 is 6.03 Å². The highest BCUT2D eigenvalue weighted by Gasteiger charge is 2.30. The zero-order valence-corrected chi connectivity index (χ0v) is 35.1. The lowest BCUT2D eigenvalue weighted by atomic mass is 10.0. The van der Waals surface area contributed by atoms with E-state index in [-0.39, 0.29) is 43.3 Å². The number of hydrogen-bond acceptors (Lipinski definition) is 9. The number of amides is 5. The van der Waals surface area contributed by atoms with Gasteiger partial charge < -0.3 is 40.0 Å². The first-order valence-corrected chi connectivity index (χ1v) is 20.4. The second kappa shape index (κ2) is 24.5. The van der Waals surface area contributed by atoms with E-state index in [1.54, 1.807) is 39.9 Å². The Labute approximate surface area is 354 Å². The molecule has 1 aromatic heterocycles. The molecule has 1 fully saturated rings. The topological polar surface area (TPSA) is 180 Å². The van der Waals surface area contributed by atoms with E-state index in [0.717, 1.165) is 5.56 Å². The average Bonchev–Trinajstić information content (AvgIpc) is 3.54. The number of aromatic nitrogens is 2. The molecular weight excluding hydrogens is 811 g/mol. The van der Waals surface area contributed by atoms with Crippen molar-refractivity contribution in [2.24, 2.45) is 0 Å². The van der Waals surface area contributed by atoms with Gasteiger partial charge in [0.1, 0.15) is 0 Å². The van der Waals surface area contributed by atoms with E-state index in [9.17, 15) is 19.2 Å². The third-order valence-corrected chi connectivity index (χ3v) is 10.0. The van der Waals surface area contributed by atoms with Gasteiger partial charge in [-0.05, 0) is 62.9 Å². The second-order valence-electron chi connectivity index (χ2n) is 13.6. The Morgan fingerprint density at radius 3 is 2.17 bits per heavy atom. The molecule has 0 bridgehead atoms. The highest BCUT2D eigenvalue weighted by atomic mass is 35.5. The normalized spacial score (nSPS) is 12.9. The Kier molecular flexibility index (Phi) is 19.5. The molecular formula is C40H51Cl3N8O7. The number of piperidine rings is 1. The van der Waals surface area contributed by atoms with E-state index in [2.05, 4.69) is 22.0 Å². The zero-order chi connectivity index (χ0) is 41.9. The van der Waals surface area contributed by atoms with Gasteiger partial charge in [-0.15, -0.1) is 0 Å². The maximum atomic E-state index is 13.9. The number of urea groups is 1. The lowest BCUT2D eigenvalue weighted by Gasteiger charge is -2.32. The summed E-state index contributed by atoms with van der Waals surface area (Å²) in [7, 11) is 1.54. The molecule has 58 heavy (non-hydrogen) atoms. The fourth-order valence-electron chi connectivity index (χ4n) is 6.12. The van der Waals surface area contributed by atoms with Crippen LogP contribution in [0.25, 0.3) is 16.9 Å². The number of ether oxygens (including phenoxy) is 3. The monoisotopic (exact) mass is 860 g/mol. The predicted octanol–water partition coefficient (Wildman–Crippen LogP) is 5.42. The van der Waals surface area contributed by atoms with Gasteiger partial charge in [0, 0.05) is 86.5 Å². The maximum Gasteiger partial charge on any atom is 0.315 e. The minimum absolute atomic E-state index is 0.0264. The fraction of sp³-hybridized carbons (Fsp3) is 0.500. The van der Waals surface area contributed by atoms with Gasteiger partial charge in [-0.3, -0.25) is 14.4 Å². The molecule has 3 aromatic rings. The van der Waals surface area contributed by atoms with Crippen LogP contribution in [-0.4, -0.2) is 129 Å². The summed E-state index contributed by atoms with van der Waals surface area (Å²) in [6.07, 6.45) is 2.90. The number of likely N-dealkylation sites (N-methyl/N-ethyl adjacent to an activating group) is 1. The van der Waals surface area contributed by atoms with Gasteiger partial charge in [-0.2, -0.15) is 10.4 Å². The van der Waals surface area contributed by atoms with Crippen LogP contribution in [0.15, 0.2) is 42.5 Å². The summed E-state index contributed by atoms with van der Waals surface area (Å²) in [4.78, 5) is 54.4. The van der Waals surface area contributed by atoms with E-state index in [1.807, 2.05) is 19.1 Å². The number of carbonyl (C=O) groups is 4. The predicted molar refractivity (Wildman–Crippen MR) is 221 cm³/mol. The Hall–Kier alpha value is -4.43. The summed E-state index contributed by atoms with van der Waals surface area (Å²) in [5.74, 6) is -0.806. The molecule has 18 heteroatoms. The van der Waals surface area contributed by atoms with Crippen molar-refractivity contribution in [3.05, 3.63) is 68.8 Å². The van der Waals surface area contributed by atoms with Crippen LogP contribution in [0.2, 0.25) is 15.1 Å². The third kappa shape index (κ3) is 14.7. The van der Waals surface area contributed by atoms with Crippen molar-refractivity contribution in [3.8, 4) is 23.0 Å². The van der Waals surface area contributed by atoms with E-state index in [0.29, 0.717) is 129 Å². The number of halogens is 3. The van der Waals surface area contributed by atoms with Crippen LogP contribution < -0.4 is 16.0 Å². The summed E-state index contributed by atoms with van der Waals surface area (Å²) in [6, 6.07) is 13.8. The number of rotatable bonds is 22. The minimum atomic E-state index is -0.411. The average molecular weight is 862 g/mol. The van der Waals surface area contributed by atoms with Crippen LogP contribution in [0.5, 0.6) is 0 Å². The lowest BCUT2D eigenvalue weighted by molar-refractivity contribution is -0.134. The molecule has 0 atom stereocenters. The summed E-state index contributed by atoms with van der Waals surface area (Å²) in [5.41, 5.74) is 3.05. The molecule has 4 rings (SSSR count). The summed E-state index contributed by atoms with van der Waals surface area (Å²) in [6.45, 7) is 5.85. The van der Waals surface area contributed by atoms with Gasteiger partial charge in [0.2, 0.25) is 11.8 Å². The molecule has 2 heterocycles. The van der Waals surface area contributed by atoms with Crippen molar-refractivity contribution in [1.29, 1.82) is 5.26 Å². The number of unbranched alkanes of at least 4 members (excludes halogenated alkanes) is 1. The van der Waals surface area contributed by atoms with Gasteiger partial charge in [0.15, 0.2) is 5.69 Å². The van der Waals surface area contributed by atoms with Crippen molar-refractivity contribution >= 4 is 58.6 Å². The highest BCUT2D eigenvalue weighted by Crippen LogP contribution is 2.34. The molecule has 3 N–H and O–H groups in total. The standard InChI is InChI=1S/C40H51Cl3N8O7/c1-28-37(48-51(34-11-10-31(42)26-33(34)43)38(28)29-6-8-30(41)9-7-29)39(54)50-18-13-32(14-19-50)47-40(55)46-17-12-36(53)49(2)27-35(52)45-16-5-21-57-23-25-58-24-22-56-20-4-3-15-44/h6-11,26,32H,3-5,12-14,16-25,27H2,1-2H3,(H,45,52)(H2,46,47,55). The molecule has 5 amide bonds. The number of carbonyl (C=O) groups excluding carboxylic acids is 4. The van der Waals surface area contributed by atoms with Crippen molar-refractivity contribution in [2.75, 3.05) is 79.4 Å². The molecule has 0 radical (unpaired) electrons. The van der Waals surface area contributed by atoms with Crippen LogP contribution in [0.3, 0.4) is 0 Å². The Balaban J connectivity index is 1.11. The molecule has 0 unspecified atom stereocenters. The van der Waals surface area contributed by atoms with Gasteiger partial charge in [-0.1, -0.05) is 46.9 Å². The molecule has 2 aromatic carbocycles. The van der Waals surface area contributed by atoms with E-state index < -0.39 is 6.03 Å². The Morgan fingerprint density at radius 2 is 1.52 bits per heavy atom. The van der Waals surface area contributed by atoms with Crippen molar-refractivity contribution in [3.63, 3.8) is 0 Å². The summed E-state index contributed by atoms with van der Waals surface area (Å²) >= 11 is 18.9. The fourth-order valence-corrected chi connectivity index (χ4v) is 6.73. The second-order valence-corrected chi connectivity index (χ2v) is 14.9. The number of nitrogens with zero attached hydrogens (tertiary/aromatic N) is 5. The molecule has 314 valence electrons. The van der Waals surface area contributed by atoms with Crippen LogP contribution >= 0.6 is 34.8 Å². The lowest BCUT2D eigenvalue weighted by Crippen LogP contribution is -2.49. The van der Waals surface area contributed by atoms with Crippen LogP contribution in [0.4, 0.5) is 4.79 Å². The molecule has 1 saturated heterocycles. The van der Waals surface area contributed by atoms with E-state index >= 15 is 0 Å². The third-order valence-electron chi connectivity index (χ3n) is 9.24. The Morgan fingerprint density at radius 1 is 0.879 bits per heavy atom. The number of nitriles is 1. The number of hydrogen-bond donors (Lipinski definition) is 3. The SMILES string of the molecule is Cc1c(C(=O)N2CCC(NC(=O)NCCC(=O)N(C)CC(=O)NCCCOCCOCCOCCCC#N)CC2)nn(-c2ccc(Cl)cc2Cl)c1-c1ccc(Cl)cc1. The molecule has 0 spiro atoms. The van der Waals surface area contributed by atoms with Gasteiger partial charge in [-0.25, -0.2) is 9.48 Å². The first kappa shape index (κ1) is 46.3. The quantitative estimate of drug-likeness (QED) is 0.111. The number of likely N-dealkylation sites (tertiary alicyclic amines) is 1. The van der Waals surface area contributed by atoms with Crippen LogP contribution in [0.1, 0.15) is 54.6 Å². The Bertz CT molecular complexity index is 1860. The largest absolute Gasteiger partial charge is 0.379 e. The minimum Gasteiger partial charge on any atom is -0.379 e. The molecule has 0 saturated carbocycles. The van der Waals surface area contributed by atoms with E-state index in [4.69, 9.17) is 59.4 Å². The molecule has 0 aliphatic carbocycles. The van der Waals surface area contributed by atoms with Crippen LogP contribution in [0, 0.1) is 18.3 Å². The van der Waals surface area contributed by atoms with E-state index in [1.165, 1.54) is 11.9 Å². The van der Waals surface area contributed by atoms with Gasteiger partial charge in [0.25, 0.3) is 5.91 Å². The summed E-state index contributed by atoms with van der Waals surface area (Å²) in [5, 5.41) is 23.1. The zero-order valence-electron chi connectivity index (χ0n) is 32.9. The molecule has 1 aliphatic rings. The number of nitrogens with one attached hydrogen (secondary N) is 3. The number of benzene rings is 2. The van der Waals surface area contributed by atoms with Crippen molar-refractivity contribution in [1.82, 2.24) is 35.5 Å². The van der Waals surface area contributed by atoms with Gasteiger partial charge in [0.05, 0.1) is 55.4 Å². The van der Waals surface area contributed by atoms with Crippen molar-refractivity contribution < 1.29 is 33.4 Å². The smallest absolute Gasteiger partial charge is 0.315 e. The maximum absolute atomic E-state index is 13.9. The first-order valence-electron chi connectivity index (χ1n) is 19.2. The van der Waals surface area contributed by atoms with Crippen LogP contribution in [-0.2, 0) is 23.8 Å². The van der Waals surface area contributed by atoms with Crippen molar-refractivity contribution in [2.45, 2.75) is 51.5 Å².